The fraction of sp³-hybridized carbons (Fsp3) is 0.947. The summed E-state index contributed by atoms with van der Waals surface area (Å²) in [5.41, 5.74) is 0. The van der Waals surface area contributed by atoms with Crippen molar-refractivity contribution in [2.24, 2.45) is 16.8 Å². The summed E-state index contributed by atoms with van der Waals surface area (Å²) >= 11 is 0. The molecule has 0 radical (unpaired) electrons. The lowest BCUT2D eigenvalue weighted by atomic mass is 9.80. The van der Waals surface area contributed by atoms with Crippen LogP contribution in [-0.2, 0) is 9.47 Å². The number of guanidine groups is 1. The van der Waals surface area contributed by atoms with Gasteiger partial charge in [0.15, 0.2) is 5.96 Å². The Hall–Kier alpha value is -0.810. The van der Waals surface area contributed by atoms with Gasteiger partial charge in [0, 0.05) is 39.5 Å². The first-order valence-corrected chi connectivity index (χ1v) is 9.85. The highest BCUT2D eigenvalue weighted by atomic mass is 16.5. The average Bonchev–Trinajstić information content (AvgIpc) is 2.61. The number of nitrogens with one attached hydrogen (secondary N) is 2. The molecule has 1 aliphatic heterocycles. The lowest BCUT2D eigenvalue weighted by Crippen LogP contribution is -2.45. The monoisotopic (exact) mass is 339 g/mol. The fourth-order valence-electron chi connectivity index (χ4n) is 3.69. The Morgan fingerprint density at radius 1 is 1.12 bits per heavy atom. The minimum absolute atomic E-state index is 0.396. The van der Waals surface area contributed by atoms with Crippen LogP contribution in [0.5, 0.6) is 0 Å². The molecule has 2 rings (SSSR count). The van der Waals surface area contributed by atoms with Gasteiger partial charge in [-0.15, -0.1) is 0 Å². The summed E-state index contributed by atoms with van der Waals surface area (Å²) in [6.45, 7) is 8.11. The zero-order valence-electron chi connectivity index (χ0n) is 15.9. The van der Waals surface area contributed by atoms with Gasteiger partial charge in [0.25, 0.3) is 0 Å². The van der Waals surface area contributed by atoms with E-state index in [4.69, 9.17) is 9.47 Å². The molecule has 2 N–H and O–H groups in total. The second kappa shape index (κ2) is 10.9. The van der Waals surface area contributed by atoms with Crippen molar-refractivity contribution in [1.29, 1.82) is 0 Å². The highest BCUT2D eigenvalue weighted by Gasteiger charge is 2.23. The predicted octanol–water partition coefficient (Wildman–Crippen LogP) is 2.95. The molecule has 0 aromatic rings. The van der Waals surface area contributed by atoms with Crippen LogP contribution in [0, 0.1) is 11.8 Å². The molecule has 5 nitrogen and oxygen atoms in total. The van der Waals surface area contributed by atoms with Crippen molar-refractivity contribution < 1.29 is 9.47 Å². The Balaban J connectivity index is 1.54. The first kappa shape index (κ1) is 19.5. The number of hydrogen-bond acceptors (Lipinski definition) is 3. The maximum atomic E-state index is 5.90. The van der Waals surface area contributed by atoms with Crippen molar-refractivity contribution in [3.8, 4) is 0 Å². The Morgan fingerprint density at radius 3 is 2.46 bits per heavy atom. The molecule has 1 saturated heterocycles. The van der Waals surface area contributed by atoms with Crippen LogP contribution < -0.4 is 10.6 Å². The molecule has 5 heteroatoms. The van der Waals surface area contributed by atoms with E-state index in [9.17, 15) is 0 Å². The fourth-order valence-corrected chi connectivity index (χ4v) is 3.69. The summed E-state index contributed by atoms with van der Waals surface area (Å²) in [4.78, 5) is 4.36. The van der Waals surface area contributed by atoms with Gasteiger partial charge in [-0.1, -0.05) is 13.8 Å². The van der Waals surface area contributed by atoms with E-state index in [0.717, 1.165) is 63.4 Å². The summed E-state index contributed by atoms with van der Waals surface area (Å²) in [6, 6.07) is 0.574. The molecule has 1 aliphatic carbocycles. The predicted molar refractivity (Wildman–Crippen MR) is 99.5 cm³/mol. The molecule has 0 unspecified atom stereocenters. The van der Waals surface area contributed by atoms with Crippen LogP contribution in [-0.4, -0.2) is 51.5 Å². The second-order valence-corrected chi connectivity index (χ2v) is 7.54. The normalized spacial score (nSPS) is 26.6. The van der Waals surface area contributed by atoms with Crippen LogP contribution in [0.25, 0.3) is 0 Å². The first-order valence-electron chi connectivity index (χ1n) is 9.85. The maximum Gasteiger partial charge on any atom is 0.191 e. The van der Waals surface area contributed by atoms with Gasteiger partial charge in [0.2, 0.25) is 0 Å². The molecule has 0 bridgehead atoms. The molecule has 24 heavy (non-hydrogen) atoms. The minimum Gasteiger partial charge on any atom is -0.381 e. The Labute approximate surface area is 148 Å². The molecule has 0 aromatic heterocycles. The molecular weight excluding hydrogens is 302 g/mol. The lowest BCUT2D eigenvalue weighted by Gasteiger charge is -2.32. The van der Waals surface area contributed by atoms with Crippen molar-refractivity contribution in [3.63, 3.8) is 0 Å². The number of hydrogen-bond donors (Lipinski definition) is 2. The van der Waals surface area contributed by atoms with E-state index in [1.165, 1.54) is 25.7 Å². The summed E-state index contributed by atoms with van der Waals surface area (Å²) in [5.74, 6) is 2.66. The lowest BCUT2D eigenvalue weighted by molar-refractivity contribution is -0.0320. The largest absolute Gasteiger partial charge is 0.381 e. The zero-order chi connectivity index (χ0) is 17.2. The average molecular weight is 340 g/mol. The number of nitrogens with zero attached hydrogens (tertiary/aromatic N) is 1. The molecule has 0 atom stereocenters. The summed E-state index contributed by atoms with van der Waals surface area (Å²) < 4.78 is 11.3. The second-order valence-electron chi connectivity index (χ2n) is 7.54. The molecular formula is C19H37N3O2. The third-order valence-corrected chi connectivity index (χ3v) is 5.41. The first-order chi connectivity index (χ1) is 11.7. The topological polar surface area (TPSA) is 54.9 Å². The number of aliphatic imine (C=N–C) groups is 1. The molecule has 2 aliphatic rings. The number of rotatable bonds is 7. The van der Waals surface area contributed by atoms with Crippen LogP contribution in [0.1, 0.15) is 58.8 Å². The van der Waals surface area contributed by atoms with Gasteiger partial charge in [0.1, 0.15) is 0 Å². The molecule has 1 heterocycles. The van der Waals surface area contributed by atoms with Crippen LogP contribution >= 0.6 is 0 Å². The summed E-state index contributed by atoms with van der Waals surface area (Å²) in [7, 11) is 1.85. The molecule has 140 valence electrons. The van der Waals surface area contributed by atoms with E-state index in [2.05, 4.69) is 29.5 Å². The SMILES string of the molecule is CN=C(NCCCOC1CCOCC1)NC1CCC(C(C)C)CC1. The molecule has 0 spiro atoms. The Kier molecular flexibility index (Phi) is 8.89. The maximum absolute atomic E-state index is 5.90. The smallest absolute Gasteiger partial charge is 0.191 e. The standard InChI is InChI=1S/C19H37N3O2/c1-15(2)16-5-7-17(8-6-16)22-19(20-3)21-11-4-12-24-18-9-13-23-14-10-18/h15-18H,4-14H2,1-3H3,(H2,20,21,22). The molecule has 1 saturated carbocycles. The van der Waals surface area contributed by atoms with Crippen LogP contribution in [0.3, 0.4) is 0 Å². The van der Waals surface area contributed by atoms with E-state index in [1.807, 2.05) is 7.05 Å². The van der Waals surface area contributed by atoms with E-state index in [1.54, 1.807) is 0 Å². The van der Waals surface area contributed by atoms with Crippen molar-refractivity contribution in [2.75, 3.05) is 33.4 Å². The van der Waals surface area contributed by atoms with E-state index < -0.39 is 0 Å². The Morgan fingerprint density at radius 2 is 1.83 bits per heavy atom. The van der Waals surface area contributed by atoms with Gasteiger partial charge in [-0.05, 0) is 56.8 Å². The summed E-state index contributed by atoms with van der Waals surface area (Å²) in [5, 5.41) is 7.01. The Bertz CT molecular complexity index is 360. The van der Waals surface area contributed by atoms with Crippen molar-refractivity contribution in [3.05, 3.63) is 0 Å². The highest BCUT2D eigenvalue weighted by Crippen LogP contribution is 2.29. The van der Waals surface area contributed by atoms with Crippen LogP contribution in [0.4, 0.5) is 0 Å². The minimum atomic E-state index is 0.396. The molecule has 0 amide bonds. The van der Waals surface area contributed by atoms with Gasteiger partial charge < -0.3 is 20.1 Å². The van der Waals surface area contributed by atoms with Crippen molar-refractivity contribution in [1.82, 2.24) is 10.6 Å². The van der Waals surface area contributed by atoms with Crippen molar-refractivity contribution >= 4 is 5.96 Å². The van der Waals surface area contributed by atoms with Crippen LogP contribution in [0.2, 0.25) is 0 Å². The van der Waals surface area contributed by atoms with E-state index >= 15 is 0 Å². The third-order valence-electron chi connectivity index (χ3n) is 5.41. The van der Waals surface area contributed by atoms with Gasteiger partial charge in [-0.25, -0.2) is 0 Å². The quantitative estimate of drug-likeness (QED) is 0.425. The van der Waals surface area contributed by atoms with Crippen LogP contribution in [0.15, 0.2) is 4.99 Å². The number of ether oxygens (including phenoxy) is 2. The van der Waals surface area contributed by atoms with Crippen molar-refractivity contribution in [2.45, 2.75) is 70.9 Å². The van der Waals surface area contributed by atoms with E-state index in [-0.39, 0.29) is 0 Å². The van der Waals surface area contributed by atoms with Gasteiger partial charge in [-0.2, -0.15) is 0 Å². The molecule has 2 fully saturated rings. The molecule has 0 aromatic carbocycles. The third kappa shape index (κ3) is 6.98. The van der Waals surface area contributed by atoms with Gasteiger partial charge in [0.05, 0.1) is 6.10 Å². The van der Waals surface area contributed by atoms with Gasteiger partial charge in [-0.3, -0.25) is 4.99 Å². The van der Waals surface area contributed by atoms with Gasteiger partial charge >= 0.3 is 0 Å². The summed E-state index contributed by atoms with van der Waals surface area (Å²) in [6.07, 6.45) is 8.68. The van der Waals surface area contributed by atoms with E-state index in [0.29, 0.717) is 12.1 Å². The zero-order valence-corrected chi connectivity index (χ0v) is 15.9. The highest BCUT2D eigenvalue weighted by molar-refractivity contribution is 5.79.